The number of nitrogens with zero attached hydrogens (tertiary/aromatic N) is 1. The molecule has 0 aromatic heterocycles. The highest BCUT2D eigenvalue weighted by Gasteiger charge is 2.32. The SMILES string of the molecule is CC(C)CCC(C)N1CC(C(=O)O)CCC1=O. The van der Waals surface area contributed by atoms with Crippen LogP contribution in [0.15, 0.2) is 0 Å². The number of piperidine rings is 1. The van der Waals surface area contributed by atoms with Crippen molar-refractivity contribution in [1.82, 2.24) is 4.90 Å². The van der Waals surface area contributed by atoms with Crippen LogP contribution in [0.2, 0.25) is 0 Å². The number of aliphatic carboxylic acids is 1. The van der Waals surface area contributed by atoms with Crippen molar-refractivity contribution < 1.29 is 14.7 Å². The molecular formula is C13H23NO3. The van der Waals surface area contributed by atoms with Crippen molar-refractivity contribution in [1.29, 1.82) is 0 Å². The highest BCUT2D eigenvalue weighted by Crippen LogP contribution is 2.22. The van der Waals surface area contributed by atoms with E-state index in [-0.39, 0.29) is 17.9 Å². The number of carbonyl (C=O) groups is 2. The number of hydrogen-bond acceptors (Lipinski definition) is 2. The van der Waals surface area contributed by atoms with Crippen LogP contribution in [0.1, 0.15) is 46.5 Å². The Labute approximate surface area is 103 Å². The molecule has 0 radical (unpaired) electrons. The summed E-state index contributed by atoms with van der Waals surface area (Å²) in [5.74, 6) is -0.431. The van der Waals surface area contributed by atoms with Gasteiger partial charge in [-0.05, 0) is 32.1 Å². The van der Waals surface area contributed by atoms with Gasteiger partial charge in [-0.3, -0.25) is 9.59 Å². The van der Waals surface area contributed by atoms with E-state index in [0.717, 1.165) is 12.8 Å². The summed E-state index contributed by atoms with van der Waals surface area (Å²) in [5, 5.41) is 9.00. The van der Waals surface area contributed by atoms with E-state index in [2.05, 4.69) is 13.8 Å². The Morgan fingerprint density at radius 1 is 1.41 bits per heavy atom. The molecule has 4 nitrogen and oxygen atoms in total. The Morgan fingerprint density at radius 3 is 2.59 bits per heavy atom. The Morgan fingerprint density at radius 2 is 2.06 bits per heavy atom. The van der Waals surface area contributed by atoms with Gasteiger partial charge in [-0.1, -0.05) is 13.8 Å². The van der Waals surface area contributed by atoms with E-state index in [1.54, 1.807) is 4.90 Å². The molecular weight excluding hydrogens is 218 g/mol. The van der Waals surface area contributed by atoms with Gasteiger partial charge in [0.15, 0.2) is 0 Å². The van der Waals surface area contributed by atoms with E-state index in [9.17, 15) is 9.59 Å². The molecule has 1 amide bonds. The van der Waals surface area contributed by atoms with Gasteiger partial charge >= 0.3 is 5.97 Å². The lowest BCUT2D eigenvalue weighted by molar-refractivity contribution is -0.148. The molecule has 1 aliphatic rings. The molecule has 4 heteroatoms. The van der Waals surface area contributed by atoms with Gasteiger partial charge in [-0.25, -0.2) is 0 Å². The lowest BCUT2D eigenvalue weighted by Gasteiger charge is -2.35. The van der Waals surface area contributed by atoms with Gasteiger partial charge in [-0.2, -0.15) is 0 Å². The van der Waals surface area contributed by atoms with E-state index in [0.29, 0.717) is 25.3 Å². The molecule has 1 aliphatic heterocycles. The summed E-state index contributed by atoms with van der Waals surface area (Å²) in [7, 11) is 0. The average Bonchev–Trinajstić information content (AvgIpc) is 2.26. The molecule has 2 unspecified atom stereocenters. The van der Waals surface area contributed by atoms with Gasteiger partial charge in [0.1, 0.15) is 0 Å². The third-order valence-corrected chi connectivity index (χ3v) is 3.49. The van der Waals surface area contributed by atoms with Crippen LogP contribution < -0.4 is 0 Å². The van der Waals surface area contributed by atoms with Gasteiger partial charge in [-0.15, -0.1) is 0 Å². The fourth-order valence-electron chi connectivity index (χ4n) is 2.23. The van der Waals surface area contributed by atoms with Gasteiger partial charge in [0.25, 0.3) is 0 Å². The molecule has 1 fully saturated rings. The first-order valence-corrected chi connectivity index (χ1v) is 6.44. The zero-order valence-corrected chi connectivity index (χ0v) is 11.0. The van der Waals surface area contributed by atoms with E-state index in [1.807, 2.05) is 6.92 Å². The molecule has 0 aromatic carbocycles. The van der Waals surface area contributed by atoms with Gasteiger partial charge in [0, 0.05) is 19.0 Å². The summed E-state index contributed by atoms with van der Waals surface area (Å²) in [6, 6.07) is 0.159. The van der Waals surface area contributed by atoms with Crippen LogP contribution in [0.3, 0.4) is 0 Å². The molecule has 17 heavy (non-hydrogen) atoms. The fraction of sp³-hybridized carbons (Fsp3) is 0.846. The summed E-state index contributed by atoms with van der Waals surface area (Å²) < 4.78 is 0. The zero-order chi connectivity index (χ0) is 13.0. The molecule has 0 aliphatic carbocycles. The highest BCUT2D eigenvalue weighted by atomic mass is 16.4. The van der Waals surface area contributed by atoms with Crippen molar-refractivity contribution in [3.05, 3.63) is 0 Å². The summed E-state index contributed by atoms with van der Waals surface area (Å²) >= 11 is 0. The van der Waals surface area contributed by atoms with Crippen molar-refractivity contribution in [2.24, 2.45) is 11.8 Å². The largest absolute Gasteiger partial charge is 0.481 e. The molecule has 1 heterocycles. The normalized spacial score (nSPS) is 22.9. The van der Waals surface area contributed by atoms with Crippen molar-refractivity contribution >= 4 is 11.9 Å². The van der Waals surface area contributed by atoms with E-state index >= 15 is 0 Å². The minimum atomic E-state index is -0.779. The maximum Gasteiger partial charge on any atom is 0.308 e. The predicted molar refractivity (Wildman–Crippen MR) is 65.6 cm³/mol. The summed E-state index contributed by atoms with van der Waals surface area (Å²) in [6.07, 6.45) is 2.89. The second-order valence-electron chi connectivity index (χ2n) is 5.44. The smallest absolute Gasteiger partial charge is 0.308 e. The van der Waals surface area contributed by atoms with Gasteiger partial charge in [0.05, 0.1) is 5.92 Å². The number of hydrogen-bond donors (Lipinski definition) is 1. The predicted octanol–water partition coefficient (Wildman–Crippen LogP) is 2.13. The first kappa shape index (κ1) is 14.0. The Kier molecular flexibility index (Phi) is 4.97. The summed E-state index contributed by atoms with van der Waals surface area (Å²) in [5.41, 5.74) is 0. The Bertz CT molecular complexity index is 288. The maximum atomic E-state index is 11.8. The monoisotopic (exact) mass is 241 g/mol. The van der Waals surface area contributed by atoms with Crippen molar-refractivity contribution in [2.75, 3.05) is 6.54 Å². The molecule has 1 rings (SSSR count). The Hall–Kier alpha value is -1.06. The lowest BCUT2D eigenvalue weighted by atomic mass is 9.95. The molecule has 0 bridgehead atoms. The standard InChI is InChI=1S/C13H23NO3/c1-9(2)4-5-10(3)14-8-11(13(16)17)6-7-12(14)15/h9-11H,4-8H2,1-3H3,(H,16,17). The maximum absolute atomic E-state index is 11.8. The second kappa shape index (κ2) is 6.03. The third-order valence-electron chi connectivity index (χ3n) is 3.49. The van der Waals surface area contributed by atoms with Crippen molar-refractivity contribution in [3.8, 4) is 0 Å². The molecule has 1 saturated heterocycles. The first-order valence-electron chi connectivity index (χ1n) is 6.44. The molecule has 2 atom stereocenters. The highest BCUT2D eigenvalue weighted by molar-refractivity contribution is 5.80. The average molecular weight is 241 g/mol. The second-order valence-corrected chi connectivity index (χ2v) is 5.44. The first-order chi connectivity index (χ1) is 7.91. The fourth-order valence-corrected chi connectivity index (χ4v) is 2.23. The van der Waals surface area contributed by atoms with E-state index in [1.165, 1.54) is 0 Å². The molecule has 98 valence electrons. The molecule has 0 spiro atoms. The number of likely N-dealkylation sites (tertiary alicyclic amines) is 1. The number of carbonyl (C=O) groups excluding carboxylic acids is 1. The molecule has 1 N–H and O–H groups in total. The Balaban J connectivity index is 2.54. The third kappa shape index (κ3) is 4.02. The molecule has 0 saturated carbocycles. The van der Waals surface area contributed by atoms with E-state index < -0.39 is 5.97 Å². The minimum absolute atomic E-state index is 0.110. The number of carboxylic acids is 1. The number of amides is 1. The van der Waals surface area contributed by atoms with Crippen LogP contribution in [-0.2, 0) is 9.59 Å². The van der Waals surface area contributed by atoms with Crippen molar-refractivity contribution in [3.63, 3.8) is 0 Å². The summed E-state index contributed by atoms with van der Waals surface area (Å²) in [6.45, 7) is 6.72. The quantitative estimate of drug-likeness (QED) is 0.802. The number of carboxylic acid groups (broad SMARTS) is 1. The number of rotatable bonds is 5. The molecule has 0 aromatic rings. The topological polar surface area (TPSA) is 57.6 Å². The summed E-state index contributed by atoms with van der Waals surface area (Å²) in [4.78, 5) is 24.5. The van der Waals surface area contributed by atoms with Crippen LogP contribution >= 0.6 is 0 Å². The van der Waals surface area contributed by atoms with Crippen molar-refractivity contribution in [2.45, 2.75) is 52.5 Å². The van der Waals surface area contributed by atoms with Crippen LogP contribution in [-0.4, -0.2) is 34.5 Å². The zero-order valence-electron chi connectivity index (χ0n) is 11.0. The van der Waals surface area contributed by atoms with Crippen LogP contribution in [0.25, 0.3) is 0 Å². The van der Waals surface area contributed by atoms with Crippen LogP contribution in [0, 0.1) is 11.8 Å². The van der Waals surface area contributed by atoms with Gasteiger partial charge < -0.3 is 10.0 Å². The lowest BCUT2D eigenvalue weighted by Crippen LogP contribution is -2.47. The van der Waals surface area contributed by atoms with Crippen LogP contribution in [0.4, 0.5) is 0 Å². The van der Waals surface area contributed by atoms with Gasteiger partial charge in [0.2, 0.25) is 5.91 Å². The minimum Gasteiger partial charge on any atom is -0.481 e. The van der Waals surface area contributed by atoms with E-state index in [4.69, 9.17) is 5.11 Å². The van der Waals surface area contributed by atoms with Crippen LogP contribution in [0.5, 0.6) is 0 Å².